The van der Waals surface area contributed by atoms with Crippen LogP contribution in [0.4, 0.5) is 11.4 Å². The Bertz CT molecular complexity index is 405. The molecular formula is C11H13ClN2O2. The van der Waals surface area contributed by atoms with E-state index in [9.17, 15) is 10.1 Å². The molecular weight excluding hydrogens is 228 g/mol. The number of nitro groups is 1. The van der Waals surface area contributed by atoms with Crippen molar-refractivity contribution in [2.24, 2.45) is 5.92 Å². The highest BCUT2D eigenvalue weighted by atomic mass is 35.5. The minimum Gasteiger partial charge on any atom is -0.379 e. The van der Waals surface area contributed by atoms with Crippen LogP contribution in [0.3, 0.4) is 0 Å². The number of hydrogen-bond donors (Lipinski definition) is 1. The number of rotatable bonds is 4. The fourth-order valence-corrected chi connectivity index (χ4v) is 1.92. The number of benzene rings is 1. The van der Waals surface area contributed by atoms with Crippen LogP contribution in [0.25, 0.3) is 0 Å². The number of halogens is 1. The normalized spacial score (nSPS) is 15.6. The fourth-order valence-electron chi connectivity index (χ4n) is 1.76. The SMILES string of the molecule is O=[N+]([O-])c1cc(Cl)ccc1NCC1CCC1. The van der Waals surface area contributed by atoms with Crippen molar-refractivity contribution < 1.29 is 4.92 Å². The Labute approximate surface area is 98.8 Å². The van der Waals surface area contributed by atoms with Gasteiger partial charge in [-0.25, -0.2) is 0 Å². The number of nitrogens with zero attached hydrogens (tertiary/aromatic N) is 1. The van der Waals surface area contributed by atoms with Gasteiger partial charge in [0.1, 0.15) is 5.69 Å². The van der Waals surface area contributed by atoms with Crippen LogP contribution < -0.4 is 5.32 Å². The third-order valence-corrected chi connectivity index (χ3v) is 3.20. The zero-order valence-corrected chi connectivity index (χ0v) is 9.54. The lowest BCUT2D eigenvalue weighted by atomic mass is 9.85. The van der Waals surface area contributed by atoms with E-state index in [0.717, 1.165) is 6.54 Å². The van der Waals surface area contributed by atoms with Gasteiger partial charge < -0.3 is 5.32 Å². The second-order valence-electron chi connectivity index (χ2n) is 4.10. The summed E-state index contributed by atoms with van der Waals surface area (Å²) in [7, 11) is 0. The highest BCUT2D eigenvalue weighted by Gasteiger charge is 2.19. The molecule has 1 aromatic rings. The van der Waals surface area contributed by atoms with Gasteiger partial charge in [-0.2, -0.15) is 0 Å². The van der Waals surface area contributed by atoms with Crippen molar-refractivity contribution in [3.8, 4) is 0 Å². The number of nitrogens with one attached hydrogen (secondary N) is 1. The van der Waals surface area contributed by atoms with Gasteiger partial charge in [-0.05, 0) is 30.9 Å². The molecule has 0 aromatic heterocycles. The second kappa shape index (κ2) is 4.70. The Balaban J connectivity index is 2.08. The predicted octanol–water partition coefficient (Wildman–Crippen LogP) is 3.46. The zero-order chi connectivity index (χ0) is 11.5. The summed E-state index contributed by atoms with van der Waals surface area (Å²) in [5.41, 5.74) is 0.605. The van der Waals surface area contributed by atoms with Gasteiger partial charge in [0, 0.05) is 17.6 Å². The first-order chi connectivity index (χ1) is 7.66. The summed E-state index contributed by atoms with van der Waals surface area (Å²) >= 11 is 5.73. The minimum atomic E-state index is -0.408. The van der Waals surface area contributed by atoms with E-state index in [1.165, 1.54) is 25.3 Å². The molecule has 1 aliphatic rings. The summed E-state index contributed by atoms with van der Waals surface area (Å²) in [6.45, 7) is 0.808. The highest BCUT2D eigenvalue weighted by molar-refractivity contribution is 6.30. The molecule has 0 atom stereocenters. The third kappa shape index (κ3) is 2.44. The molecule has 0 radical (unpaired) electrons. The van der Waals surface area contributed by atoms with Crippen molar-refractivity contribution in [1.82, 2.24) is 0 Å². The molecule has 0 bridgehead atoms. The summed E-state index contributed by atoms with van der Waals surface area (Å²) in [6, 6.07) is 4.71. The maximum Gasteiger partial charge on any atom is 0.293 e. The summed E-state index contributed by atoms with van der Waals surface area (Å²) in [6.07, 6.45) is 3.71. The van der Waals surface area contributed by atoms with Crippen molar-refractivity contribution in [3.63, 3.8) is 0 Å². The van der Waals surface area contributed by atoms with Crippen molar-refractivity contribution in [1.29, 1.82) is 0 Å². The van der Waals surface area contributed by atoms with Crippen LogP contribution in [0, 0.1) is 16.0 Å². The minimum absolute atomic E-state index is 0.0480. The summed E-state index contributed by atoms with van der Waals surface area (Å²) in [5.74, 6) is 0.662. The molecule has 5 heteroatoms. The van der Waals surface area contributed by atoms with Gasteiger partial charge in [0.2, 0.25) is 0 Å². The van der Waals surface area contributed by atoms with Crippen LogP contribution in [0.5, 0.6) is 0 Å². The lowest BCUT2D eigenvalue weighted by Crippen LogP contribution is -2.21. The number of hydrogen-bond acceptors (Lipinski definition) is 3. The molecule has 0 amide bonds. The van der Waals surface area contributed by atoms with Gasteiger partial charge >= 0.3 is 0 Å². The molecule has 16 heavy (non-hydrogen) atoms. The number of anilines is 1. The topological polar surface area (TPSA) is 55.2 Å². The van der Waals surface area contributed by atoms with Crippen LogP contribution in [0.1, 0.15) is 19.3 Å². The van der Waals surface area contributed by atoms with E-state index < -0.39 is 4.92 Å². The molecule has 0 saturated heterocycles. The van der Waals surface area contributed by atoms with Crippen molar-refractivity contribution in [2.45, 2.75) is 19.3 Å². The zero-order valence-electron chi connectivity index (χ0n) is 8.78. The van der Waals surface area contributed by atoms with Crippen LogP contribution in [-0.2, 0) is 0 Å². The molecule has 0 aliphatic heterocycles. The van der Waals surface area contributed by atoms with Crippen LogP contribution >= 0.6 is 11.6 Å². The molecule has 86 valence electrons. The van der Waals surface area contributed by atoms with Crippen molar-refractivity contribution >= 4 is 23.0 Å². The molecule has 0 heterocycles. The maximum atomic E-state index is 10.8. The van der Waals surface area contributed by atoms with Crippen LogP contribution in [-0.4, -0.2) is 11.5 Å². The van der Waals surface area contributed by atoms with Gasteiger partial charge in [-0.3, -0.25) is 10.1 Å². The smallest absolute Gasteiger partial charge is 0.293 e. The quantitative estimate of drug-likeness (QED) is 0.648. The van der Waals surface area contributed by atoms with E-state index in [2.05, 4.69) is 5.32 Å². The first-order valence-electron chi connectivity index (χ1n) is 5.34. The van der Waals surface area contributed by atoms with Gasteiger partial charge in [-0.15, -0.1) is 0 Å². The van der Waals surface area contributed by atoms with E-state index >= 15 is 0 Å². The van der Waals surface area contributed by atoms with Gasteiger partial charge in [0.15, 0.2) is 0 Å². The Morgan fingerprint density at radius 2 is 2.25 bits per heavy atom. The molecule has 1 aliphatic carbocycles. The summed E-state index contributed by atoms with van der Waals surface area (Å²) in [5, 5.41) is 14.3. The second-order valence-corrected chi connectivity index (χ2v) is 4.53. The van der Waals surface area contributed by atoms with Crippen molar-refractivity contribution in [2.75, 3.05) is 11.9 Å². The van der Waals surface area contributed by atoms with Crippen LogP contribution in [0.2, 0.25) is 5.02 Å². The first kappa shape index (κ1) is 11.2. The van der Waals surface area contributed by atoms with Gasteiger partial charge in [0.25, 0.3) is 5.69 Å². The van der Waals surface area contributed by atoms with E-state index in [1.807, 2.05) is 0 Å². The van der Waals surface area contributed by atoms with Gasteiger partial charge in [-0.1, -0.05) is 18.0 Å². The van der Waals surface area contributed by atoms with E-state index in [4.69, 9.17) is 11.6 Å². The van der Waals surface area contributed by atoms with E-state index in [-0.39, 0.29) is 5.69 Å². The predicted molar refractivity (Wildman–Crippen MR) is 63.9 cm³/mol. The molecule has 0 unspecified atom stereocenters. The van der Waals surface area contributed by atoms with E-state index in [1.54, 1.807) is 12.1 Å². The third-order valence-electron chi connectivity index (χ3n) is 2.96. The van der Waals surface area contributed by atoms with Crippen molar-refractivity contribution in [3.05, 3.63) is 33.3 Å². The molecule has 0 spiro atoms. The molecule has 1 saturated carbocycles. The molecule has 1 fully saturated rings. The Morgan fingerprint density at radius 1 is 1.50 bits per heavy atom. The Hall–Kier alpha value is -1.29. The number of nitro benzene ring substituents is 1. The largest absolute Gasteiger partial charge is 0.379 e. The molecule has 1 N–H and O–H groups in total. The standard InChI is InChI=1S/C11H13ClN2O2/c12-9-4-5-10(11(6-9)14(15)16)13-7-8-2-1-3-8/h4-6,8,13H,1-3,7H2. The van der Waals surface area contributed by atoms with Crippen LogP contribution in [0.15, 0.2) is 18.2 Å². The van der Waals surface area contributed by atoms with E-state index in [0.29, 0.717) is 16.6 Å². The Morgan fingerprint density at radius 3 is 2.81 bits per heavy atom. The summed E-state index contributed by atoms with van der Waals surface area (Å²) in [4.78, 5) is 10.4. The lowest BCUT2D eigenvalue weighted by Gasteiger charge is -2.25. The molecule has 2 rings (SSSR count). The highest BCUT2D eigenvalue weighted by Crippen LogP contribution is 2.30. The average molecular weight is 241 g/mol. The van der Waals surface area contributed by atoms with Gasteiger partial charge in [0.05, 0.1) is 4.92 Å². The first-order valence-corrected chi connectivity index (χ1v) is 5.72. The molecule has 1 aromatic carbocycles. The lowest BCUT2D eigenvalue weighted by molar-refractivity contribution is -0.383. The maximum absolute atomic E-state index is 10.8. The monoisotopic (exact) mass is 240 g/mol. The average Bonchev–Trinajstić information content (AvgIpc) is 2.17. The Kier molecular flexibility index (Phi) is 3.29. The fraction of sp³-hybridized carbons (Fsp3) is 0.455. The summed E-state index contributed by atoms with van der Waals surface area (Å²) < 4.78 is 0. The molecule has 4 nitrogen and oxygen atoms in total.